The van der Waals surface area contributed by atoms with Crippen molar-refractivity contribution in [2.24, 2.45) is 0 Å². The maximum atomic E-state index is 12.6. The summed E-state index contributed by atoms with van der Waals surface area (Å²) < 4.78 is 27.2. The minimum atomic E-state index is -4.42. The summed E-state index contributed by atoms with van der Waals surface area (Å²) in [5, 5.41) is 21.3. The molecule has 2 aromatic carbocycles. The molecule has 3 N–H and O–H groups in total. The van der Waals surface area contributed by atoms with E-state index in [1.807, 2.05) is 12.1 Å². The molecule has 0 spiro atoms. The van der Waals surface area contributed by atoms with Gasteiger partial charge in [-0.2, -0.15) is 4.72 Å². The molecule has 9 nitrogen and oxygen atoms in total. The van der Waals surface area contributed by atoms with Crippen molar-refractivity contribution in [3.05, 3.63) is 70.4 Å². The van der Waals surface area contributed by atoms with Crippen molar-refractivity contribution in [1.82, 2.24) is 9.71 Å². The first kappa shape index (κ1) is 18.5. The lowest BCUT2D eigenvalue weighted by atomic mass is 10.1. The number of rotatable bonds is 7. The predicted octanol–water partition coefficient (Wildman–Crippen LogP) is 2.05. The minimum Gasteiger partial charge on any atom is -0.480 e. The van der Waals surface area contributed by atoms with Gasteiger partial charge in [-0.1, -0.05) is 30.3 Å². The van der Waals surface area contributed by atoms with Crippen LogP contribution in [-0.2, 0) is 21.2 Å². The summed E-state index contributed by atoms with van der Waals surface area (Å²) in [6.07, 6.45) is 1.49. The van der Waals surface area contributed by atoms with Crippen LogP contribution in [0.4, 0.5) is 5.69 Å². The highest BCUT2D eigenvalue weighted by Gasteiger charge is 2.31. The molecule has 1 atom stereocenters. The van der Waals surface area contributed by atoms with Gasteiger partial charge in [-0.25, -0.2) is 8.42 Å². The lowest BCUT2D eigenvalue weighted by Crippen LogP contribution is -2.42. The first-order valence-corrected chi connectivity index (χ1v) is 9.31. The van der Waals surface area contributed by atoms with Crippen LogP contribution in [0.1, 0.15) is 5.56 Å². The van der Waals surface area contributed by atoms with E-state index in [0.29, 0.717) is 5.56 Å². The maximum absolute atomic E-state index is 12.6. The number of hydrogen-bond donors (Lipinski definition) is 3. The number of benzene rings is 2. The van der Waals surface area contributed by atoms with Gasteiger partial charge < -0.3 is 10.1 Å². The van der Waals surface area contributed by atoms with E-state index in [0.717, 1.165) is 23.0 Å². The van der Waals surface area contributed by atoms with Crippen LogP contribution in [0.5, 0.6) is 0 Å². The third-order valence-electron chi connectivity index (χ3n) is 4.05. The number of para-hydroxylation sites is 2. The Balaban J connectivity index is 1.93. The van der Waals surface area contributed by atoms with Gasteiger partial charge in [0, 0.05) is 29.6 Å². The molecule has 0 saturated heterocycles. The van der Waals surface area contributed by atoms with Crippen molar-refractivity contribution in [3.8, 4) is 0 Å². The second-order valence-electron chi connectivity index (χ2n) is 5.80. The Hall–Kier alpha value is -3.24. The molecule has 0 radical (unpaired) electrons. The zero-order chi connectivity index (χ0) is 19.6. The van der Waals surface area contributed by atoms with E-state index >= 15 is 0 Å². The van der Waals surface area contributed by atoms with Crippen LogP contribution in [0.25, 0.3) is 10.9 Å². The molecule has 10 heteroatoms. The van der Waals surface area contributed by atoms with Gasteiger partial charge in [0.1, 0.15) is 6.04 Å². The number of aromatic amines is 1. The minimum absolute atomic E-state index is 0.126. The van der Waals surface area contributed by atoms with Crippen molar-refractivity contribution >= 4 is 32.6 Å². The number of carbonyl (C=O) groups is 1. The third kappa shape index (κ3) is 3.81. The molecule has 0 aliphatic heterocycles. The number of carboxylic acids is 1. The molecule has 140 valence electrons. The fourth-order valence-electron chi connectivity index (χ4n) is 2.79. The van der Waals surface area contributed by atoms with Crippen LogP contribution >= 0.6 is 0 Å². The summed E-state index contributed by atoms with van der Waals surface area (Å²) in [7, 11) is -4.42. The Labute approximate surface area is 153 Å². The third-order valence-corrected chi connectivity index (χ3v) is 5.57. The topological polar surface area (TPSA) is 142 Å². The molecule has 1 aromatic heterocycles. The lowest BCUT2D eigenvalue weighted by Gasteiger charge is -2.14. The Morgan fingerprint density at radius 2 is 1.85 bits per heavy atom. The molecule has 0 saturated carbocycles. The van der Waals surface area contributed by atoms with Crippen LogP contribution in [0, 0.1) is 10.1 Å². The Bertz CT molecular complexity index is 1120. The number of H-pyrrole nitrogens is 1. The number of nitro groups is 1. The number of aromatic nitrogens is 1. The van der Waals surface area contributed by atoms with Gasteiger partial charge in [0.2, 0.25) is 10.0 Å². The van der Waals surface area contributed by atoms with Crippen molar-refractivity contribution in [1.29, 1.82) is 0 Å². The summed E-state index contributed by atoms with van der Waals surface area (Å²) in [5.74, 6) is -1.39. The maximum Gasteiger partial charge on any atom is 0.322 e. The highest BCUT2D eigenvalue weighted by atomic mass is 32.2. The summed E-state index contributed by atoms with van der Waals surface area (Å²) in [6, 6.07) is 10.5. The summed E-state index contributed by atoms with van der Waals surface area (Å²) in [6.45, 7) is 0. The zero-order valence-electron chi connectivity index (χ0n) is 13.8. The molecule has 0 bridgehead atoms. The second kappa shape index (κ2) is 7.17. The largest absolute Gasteiger partial charge is 0.480 e. The number of hydrogen-bond acceptors (Lipinski definition) is 5. The summed E-state index contributed by atoms with van der Waals surface area (Å²) in [5.41, 5.74) is 0.780. The molecular formula is C17H15N3O6S. The standard InChI is InChI=1S/C17H15N3O6S/c21-17(22)14(9-11-10-18-13-6-2-1-5-12(11)13)19-27(25,26)16-8-4-3-7-15(16)20(23)24/h1-8,10,14,18-19H,9H2,(H,21,22)/t14-/m0/s1. The van der Waals surface area contributed by atoms with Crippen molar-refractivity contribution in [3.63, 3.8) is 0 Å². The predicted molar refractivity (Wildman–Crippen MR) is 96.8 cm³/mol. The van der Waals surface area contributed by atoms with Gasteiger partial charge in [-0.3, -0.25) is 14.9 Å². The van der Waals surface area contributed by atoms with Gasteiger partial charge in [-0.05, 0) is 17.7 Å². The average molecular weight is 389 g/mol. The Kier molecular flexibility index (Phi) is 4.93. The average Bonchev–Trinajstić information content (AvgIpc) is 3.04. The number of carboxylic acid groups (broad SMARTS) is 1. The zero-order valence-corrected chi connectivity index (χ0v) is 14.6. The quantitative estimate of drug-likeness (QED) is 0.417. The number of aliphatic carboxylic acids is 1. The van der Waals surface area contributed by atoms with Gasteiger partial charge >= 0.3 is 5.97 Å². The van der Waals surface area contributed by atoms with Crippen LogP contribution < -0.4 is 4.72 Å². The van der Waals surface area contributed by atoms with E-state index in [4.69, 9.17) is 0 Å². The molecule has 0 aliphatic rings. The molecule has 1 heterocycles. The summed E-state index contributed by atoms with van der Waals surface area (Å²) >= 11 is 0. The van der Waals surface area contributed by atoms with Crippen LogP contribution in [0.2, 0.25) is 0 Å². The second-order valence-corrected chi connectivity index (χ2v) is 7.48. The molecule has 0 unspecified atom stereocenters. The van der Waals surface area contributed by atoms with Crippen LogP contribution in [0.15, 0.2) is 59.6 Å². The molecular weight excluding hydrogens is 374 g/mol. The van der Waals surface area contributed by atoms with Gasteiger partial charge in [-0.15, -0.1) is 0 Å². The van der Waals surface area contributed by atoms with E-state index in [1.54, 1.807) is 18.3 Å². The number of nitro benzene ring substituents is 1. The summed E-state index contributed by atoms with van der Waals surface area (Å²) in [4.78, 5) is 24.3. The van der Waals surface area contributed by atoms with Gasteiger partial charge in [0.15, 0.2) is 4.90 Å². The lowest BCUT2D eigenvalue weighted by molar-refractivity contribution is -0.387. The van der Waals surface area contributed by atoms with Gasteiger partial charge in [0.05, 0.1) is 4.92 Å². The first-order valence-electron chi connectivity index (χ1n) is 7.83. The van der Waals surface area contributed by atoms with E-state index in [-0.39, 0.29) is 6.42 Å². The smallest absolute Gasteiger partial charge is 0.322 e. The molecule has 27 heavy (non-hydrogen) atoms. The highest BCUT2D eigenvalue weighted by Crippen LogP contribution is 2.24. The SMILES string of the molecule is O=C(O)[C@H](Cc1c[nH]c2ccccc12)NS(=O)(=O)c1ccccc1[N+](=O)[O-]. The first-order chi connectivity index (χ1) is 12.8. The fraction of sp³-hybridized carbons (Fsp3) is 0.118. The fourth-order valence-corrected chi connectivity index (χ4v) is 4.15. The monoisotopic (exact) mass is 389 g/mol. The molecule has 3 aromatic rings. The number of sulfonamides is 1. The van der Waals surface area contributed by atoms with E-state index < -0.39 is 37.5 Å². The van der Waals surface area contributed by atoms with Crippen molar-refractivity contribution in [2.75, 3.05) is 0 Å². The normalized spacial score (nSPS) is 12.7. The van der Waals surface area contributed by atoms with Crippen molar-refractivity contribution in [2.45, 2.75) is 17.4 Å². The Morgan fingerprint density at radius 1 is 1.19 bits per heavy atom. The number of fused-ring (bicyclic) bond motifs is 1. The molecule has 0 fully saturated rings. The van der Waals surface area contributed by atoms with E-state index in [9.17, 15) is 28.4 Å². The van der Waals surface area contributed by atoms with Gasteiger partial charge in [0.25, 0.3) is 5.69 Å². The Morgan fingerprint density at radius 3 is 2.56 bits per heavy atom. The van der Waals surface area contributed by atoms with E-state index in [2.05, 4.69) is 9.71 Å². The number of nitrogens with one attached hydrogen (secondary N) is 2. The van der Waals surface area contributed by atoms with E-state index in [1.165, 1.54) is 12.1 Å². The molecule has 3 rings (SSSR count). The highest BCUT2D eigenvalue weighted by molar-refractivity contribution is 7.89. The van der Waals surface area contributed by atoms with Crippen molar-refractivity contribution < 1.29 is 23.2 Å². The number of nitrogens with zero attached hydrogens (tertiary/aromatic N) is 1. The van der Waals surface area contributed by atoms with Crippen LogP contribution in [-0.4, -0.2) is 35.4 Å². The molecule has 0 aliphatic carbocycles. The molecule has 0 amide bonds. The van der Waals surface area contributed by atoms with Crippen LogP contribution in [0.3, 0.4) is 0 Å².